The van der Waals surface area contributed by atoms with Crippen LogP contribution in [0.4, 0.5) is 13.2 Å². The maximum absolute atomic E-state index is 12.1. The number of methoxy groups -OCH3 is 1. The molecule has 0 radical (unpaired) electrons. The van der Waals surface area contributed by atoms with E-state index in [1.54, 1.807) is 12.1 Å². The number of rotatable bonds is 8. The summed E-state index contributed by atoms with van der Waals surface area (Å²) >= 11 is 0. The lowest BCUT2D eigenvalue weighted by molar-refractivity contribution is -0.188. The fraction of sp³-hybridized carbons (Fsp3) is 0.615. The number of nitrogens with zero attached hydrogens (tertiary/aromatic N) is 1. The van der Waals surface area contributed by atoms with E-state index in [0.717, 1.165) is 0 Å². The number of halogens is 3. The zero-order chi connectivity index (χ0) is 15.9. The molecule has 0 saturated carbocycles. The molecule has 1 unspecified atom stereocenters. The predicted molar refractivity (Wildman–Crippen MR) is 67.5 cm³/mol. The molecule has 1 rings (SSSR count). The van der Waals surface area contributed by atoms with Crippen molar-refractivity contribution in [3.8, 4) is 0 Å². The second-order valence-corrected chi connectivity index (χ2v) is 4.40. The molecule has 0 aromatic carbocycles. The average molecular weight is 309 g/mol. The van der Waals surface area contributed by atoms with Crippen molar-refractivity contribution in [2.75, 3.05) is 26.9 Å². The molecule has 1 amide bonds. The molecule has 1 aromatic rings. The summed E-state index contributed by atoms with van der Waals surface area (Å²) in [5.41, 5.74) is 0. The molecule has 1 aromatic heterocycles. The van der Waals surface area contributed by atoms with Crippen LogP contribution in [0.2, 0.25) is 0 Å². The minimum atomic E-state index is -4.47. The lowest BCUT2D eigenvalue weighted by atomic mass is 10.3. The minimum absolute atomic E-state index is 0.148. The van der Waals surface area contributed by atoms with Gasteiger partial charge in [-0.1, -0.05) is 0 Å². The van der Waals surface area contributed by atoms with Crippen LogP contribution in [-0.4, -0.2) is 50.0 Å². The molecule has 1 atom stereocenters. The third-order valence-corrected chi connectivity index (χ3v) is 2.65. The van der Waals surface area contributed by atoms with E-state index in [-0.39, 0.29) is 19.7 Å². The first-order valence-corrected chi connectivity index (χ1v) is 6.32. The summed E-state index contributed by atoms with van der Waals surface area (Å²) in [7, 11) is 1.47. The zero-order valence-electron chi connectivity index (χ0n) is 11.9. The zero-order valence-corrected chi connectivity index (χ0v) is 11.9. The Kier molecular flexibility index (Phi) is 6.70. The number of hydrogen-bond acceptors (Lipinski definition) is 4. The summed E-state index contributed by atoms with van der Waals surface area (Å²) in [5.74, 6) is -0.0184. The third kappa shape index (κ3) is 6.63. The molecule has 5 nitrogen and oxygen atoms in total. The van der Waals surface area contributed by atoms with E-state index in [2.05, 4.69) is 4.74 Å². The average Bonchev–Trinajstić information content (AvgIpc) is 2.92. The van der Waals surface area contributed by atoms with Crippen molar-refractivity contribution in [2.24, 2.45) is 0 Å². The highest BCUT2D eigenvalue weighted by atomic mass is 19.4. The molecule has 120 valence electrons. The minimum Gasteiger partial charge on any atom is -0.467 e. The predicted octanol–water partition coefficient (Wildman–Crippen LogP) is 2.22. The first-order valence-electron chi connectivity index (χ1n) is 6.32. The molecule has 0 saturated heterocycles. The maximum atomic E-state index is 12.1. The standard InChI is InChI=1S/C13H18F3NO4/c1-10(21-9-13(14,15)16)12(18)17(5-7-19-2)8-11-4-3-6-20-11/h3-4,6,10H,5,7-9H2,1-2H3. The Morgan fingerprint density at radius 3 is 2.71 bits per heavy atom. The van der Waals surface area contributed by atoms with Crippen LogP contribution in [-0.2, 0) is 20.8 Å². The van der Waals surface area contributed by atoms with Crippen LogP contribution in [0, 0.1) is 0 Å². The van der Waals surface area contributed by atoms with E-state index in [4.69, 9.17) is 9.15 Å². The van der Waals surface area contributed by atoms with Crippen LogP contribution in [0.15, 0.2) is 22.8 Å². The number of hydrogen-bond donors (Lipinski definition) is 0. The fourth-order valence-electron chi connectivity index (χ4n) is 1.61. The highest BCUT2D eigenvalue weighted by Crippen LogP contribution is 2.16. The summed E-state index contributed by atoms with van der Waals surface area (Å²) in [6, 6.07) is 3.34. The number of carbonyl (C=O) groups excluding carboxylic acids is 1. The summed E-state index contributed by atoms with van der Waals surface area (Å²) in [5, 5.41) is 0. The van der Waals surface area contributed by atoms with Crippen molar-refractivity contribution >= 4 is 5.91 Å². The van der Waals surface area contributed by atoms with Gasteiger partial charge in [-0.2, -0.15) is 13.2 Å². The van der Waals surface area contributed by atoms with Crippen molar-refractivity contribution in [2.45, 2.75) is 25.7 Å². The van der Waals surface area contributed by atoms with Crippen molar-refractivity contribution in [3.05, 3.63) is 24.2 Å². The number of furan rings is 1. The van der Waals surface area contributed by atoms with E-state index < -0.39 is 24.8 Å². The van der Waals surface area contributed by atoms with Gasteiger partial charge < -0.3 is 18.8 Å². The van der Waals surface area contributed by atoms with Crippen molar-refractivity contribution < 1.29 is 31.9 Å². The number of ether oxygens (including phenoxy) is 2. The van der Waals surface area contributed by atoms with Gasteiger partial charge in [0.1, 0.15) is 18.5 Å². The Bertz CT molecular complexity index is 420. The molecule has 1 heterocycles. The molecule has 21 heavy (non-hydrogen) atoms. The Morgan fingerprint density at radius 2 is 2.19 bits per heavy atom. The van der Waals surface area contributed by atoms with E-state index >= 15 is 0 Å². The van der Waals surface area contributed by atoms with Crippen LogP contribution in [0.3, 0.4) is 0 Å². The largest absolute Gasteiger partial charge is 0.467 e. The molecule has 8 heteroatoms. The smallest absolute Gasteiger partial charge is 0.411 e. The topological polar surface area (TPSA) is 51.9 Å². The molecule has 0 N–H and O–H groups in total. The van der Waals surface area contributed by atoms with Crippen LogP contribution in [0.1, 0.15) is 12.7 Å². The van der Waals surface area contributed by atoms with Gasteiger partial charge in [-0.15, -0.1) is 0 Å². The van der Waals surface area contributed by atoms with Gasteiger partial charge in [0.15, 0.2) is 0 Å². The molecule has 0 spiro atoms. The summed E-state index contributed by atoms with van der Waals surface area (Å²) < 4.78 is 50.9. The third-order valence-electron chi connectivity index (χ3n) is 2.65. The van der Waals surface area contributed by atoms with E-state index in [1.807, 2.05) is 0 Å². The highest BCUT2D eigenvalue weighted by Gasteiger charge is 2.31. The van der Waals surface area contributed by atoms with Gasteiger partial charge in [0, 0.05) is 13.7 Å². The first-order chi connectivity index (χ1) is 9.83. The molecule has 0 aliphatic heterocycles. The number of amides is 1. The highest BCUT2D eigenvalue weighted by molar-refractivity contribution is 5.80. The van der Waals surface area contributed by atoms with Gasteiger partial charge in [-0.3, -0.25) is 4.79 Å². The molecule has 0 fully saturated rings. The van der Waals surface area contributed by atoms with Crippen molar-refractivity contribution in [1.29, 1.82) is 0 Å². The maximum Gasteiger partial charge on any atom is 0.411 e. The SMILES string of the molecule is COCCN(Cc1ccco1)C(=O)C(C)OCC(F)(F)F. The lowest BCUT2D eigenvalue weighted by Crippen LogP contribution is -2.41. The monoisotopic (exact) mass is 309 g/mol. The van der Waals surface area contributed by atoms with Gasteiger partial charge in [0.05, 0.1) is 19.4 Å². The summed E-state index contributed by atoms with van der Waals surface area (Å²) in [6.45, 7) is 0.470. The van der Waals surface area contributed by atoms with Gasteiger partial charge in [0.25, 0.3) is 5.91 Å². The Hall–Kier alpha value is -1.54. The molecule has 0 aliphatic carbocycles. The van der Waals surface area contributed by atoms with Crippen LogP contribution >= 0.6 is 0 Å². The number of alkyl halides is 3. The van der Waals surface area contributed by atoms with Crippen LogP contribution in [0.5, 0.6) is 0 Å². The first kappa shape index (κ1) is 17.5. The molecule has 0 bridgehead atoms. The van der Waals surface area contributed by atoms with Crippen molar-refractivity contribution in [1.82, 2.24) is 4.90 Å². The Labute approximate surface area is 120 Å². The van der Waals surface area contributed by atoms with Crippen LogP contribution in [0.25, 0.3) is 0 Å². The summed E-state index contributed by atoms with van der Waals surface area (Å²) in [4.78, 5) is 13.5. The fourth-order valence-corrected chi connectivity index (χ4v) is 1.61. The Balaban J connectivity index is 2.61. The Morgan fingerprint density at radius 1 is 1.48 bits per heavy atom. The second-order valence-electron chi connectivity index (χ2n) is 4.40. The molecular weight excluding hydrogens is 291 g/mol. The van der Waals surface area contributed by atoms with Crippen LogP contribution < -0.4 is 0 Å². The van der Waals surface area contributed by atoms with Gasteiger partial charge in [0.2, 0.25) is 0 Å². The number of carbonyl (C=O) groups is 1. The van der Waals surface area contributed by atoms with Gasteiger partial charge in [-0.25, -0.2) is 0 Å². The van der Waals surface area contributed by atoms with E-state index in [9.17, 15) is 18.0 Å². The van der Waals surface area contributed by atoms with Gasteiger partial charge in [-0.05, 0) is 19.1 Å². The second kappa shape index (κ2) is 8.04. The summed E-state index contributed by atoms with van der Waals surface area (Å²) in [6.07, 6.45) is -4.21. The quantitative estimate of drug-likeness (QED) is 0.739. The van der Waals surface area contributed by atoms with E-state index in [1.165, 1.54) is 25.2 Å². The van der Waals surface area contributed by atoms with Crippen molar-refractivity contribution in [3.63, 3.8) is 0 Å². The molecule has 0 aliphatic rings. The normalized spacial score (nSPS) is 13.2. The van der Waals surface area contributed by atoms with Gasteiger partial charge >= 0.3 is 6.18 Å². The lowest BCUT2D eigenvalue weighted by Gasteiger charge is -2.25. The van der Waals surface area contributed by atoms with E-state index in [0.29, 0.717) is 5.76 Å². The molecular formula is C13H18F3NO4.